The monoisotopic (exact) mass is 343 g/mol. The number of carbonyl (C=O) groups is 1. The maximum atomic E-state index is 12.6. The first kappa shape index (κ1) is 18.6. The molecule has 134 valence electrons. The molecular weight excluding hydrogens is 318 g/mol. The Labute approximate surface area is 148 Å². The molecule has 0 aliphatic rings. The van der Waals surface area contributed by atoms with E-state index in [1.54, 1.807) is 26.4 Å². The summed E-state index contributed by atoms with van der Waals surface area (Å²) in [5.41, 5.74) is 0.922. The van der Waals surface area contributed by atoms with Crippen LogP contribution in [0.25, 0.3) is 0 Å². The number of carbonyl (C=O) groups excluding carboxylic acids is 1. The van der Waals surface area contributed by atoms with Gasteiger partial charge in [0.1, 0.15) is 5.75 Å². The second kappa shape index (κ2) is 8.97. The van der Waals surface area contributed by atoms with Crippen LogP contribution in [0.3, 0.4) is 0 Å². The maximum absolute atomic E-state index is 12.6. The molecule has 2 aromatic rings. The van der Waals surface area contributed by atoms with Crippen LogP contribution in [-0.4, -0.2) is 26.2 Å². The molecule has 1 N–H and O–H groups in total. The minimum Gasteiger partial charge on any atom is -0.496 e. The number of amides is 1. The van der Waals surface area contributed by atoms with Crippen molar-refractivity contribution < 1.29 is 19.0 Å². The Morgan fingerprint density at radius 1 is 0.960 bits per heavy atom. The molecule has 2 rings (SSSR count). The molecule has 0 heterocycles. The molecule has 0 saturated carbocycles. The molecule has 25 heavy (non-hydrogen) atoms. The summed E-state index contributed by atoms with van der Waals surface area (Å²) >= 11 is 0. The van der Waals surface area contributed by atoms with Crippen LogP contribution in [0.5, 0.6) is 17.2 Å². The van der Waals surface area contributed by atoms with Gasteiger partial charge >= 0.3 is 0 Å². The zero-order valence-electron chi connectivity index (χ0n) is 15.1. The van der Waals surface area contributed by atoms with Gasteiger partial charge in [-0.15, -0.1) is 0 Å². The average Bonchev–Trinajstić information content (AvgIpc) is 2.66. The first-order valence-electron chi connectivity index (χ1n) is 8.33. The Kier molecular flexibility index (Phi) is 6.69. The number of nitrogens with one attached hydrogen (secondary N) is 1. The molecule has 0 saturated heterocycles. The van der Waals surface area contributed by atoms with E-state index < -0.39 is 6.10 Å². The van der Waals surface area contributed by atoms with Gasteiger partial charge in [0.15, 0.2) is 17.6 Å². The third-order valence-corrected chi connectivity index (χ3v) is 3.97. The van der Waals surface area contributed by atoms with Gasteiger partial charge < -0.3 is 19.5 Å². The van der Waals surface area contributed by atoms with Gasteiger partial charge in [-0.1, -0.05) is 37.3 Å². The molecule has 0 aliphatic heterocycles. The Hall–Kier alpha value is -2.69. The van der Waals surface area contributed by atoms with Crippen molar-refractivity contribution in [1.82, 2.24) is 5.32 Å². The number of rotatable bonds is 8. The molecule has 1 amide bonds. The van der Waals surface area contributed by atoms with Crippen LogP contribution in [0, 0.1) is 0 Å². The van der Waals surface area contributed by atoms with Crippen molar-refractivity contribution in [2.45, 2.75) is 32.4 Å². The van der Waals surface area contributed by atoms with E-state index in [1.807, 2.05) is 50.2 Å². The van der Waals surface area contributed by atoms with Crippen molar-refractivity contribution in [3.63, 3.8) is 0 Å². The molecule has 0 bridgehead atoms. The lowest BCUT2D eigenvalue weighted by atomic mass is 10.1. The normalized spacial score (nSPS) is 12.8. The van der Waals surface area contributed by atoms with E-state index in [0.717, 1.165) is 11.3 Å². The summed E-state index contributed by atoms with van der Waals surface area (Å²) in [6.07, 6.45) is -0.0591. The molecular formula is C20H25NO4. The van der Waals surface area contributed by atoms with Crippen LogP contribution in [-0.2, 0) is 4.79 Å². The van der Waals surface area contributed by atoms with Gasteiger partial charge in [0.25, 0.3) is 5.91 Å². The third kappa shape index (κ3) is 4.66. The van der Waals surface area contributed by atoms with E-state index in [4.69, 9.17) is 14.2 Å². The van der Waals surface area contributed by atoms with E-state index in [-0.39, 0.29) is 11.9 Å². The highest BCUT2D eigenvalue weighted by Gasteiger charge is 2.23. The molecule has 0 fully saturated rings. The summed E-state index contributed by atoms with van der Waals surface area (Å²) in [5.74, 6) is 1.73. The van der Waals surface area contributed by atoms with E-state index in [2.05, 4.69) is 5.32 Å². The summed E-state index contributed by atoms with van der Waals surface area (Å²) in [7, 11) is 3.19. The van der Waals surface area contributed by atoms with Gasteiger partial charge in [-0.25, -0.2) is 0 Å². The molecule has 0 aliphatic carbocycles. The lowest BCUT2D eigenvalue weighted by Gasteiger charge is -2.22. The van der Waals surface area contributed by atoms with Gasteiger partial charge in [0.2, 0.25) is 0 Å². The van der Waals surface area contributed by atoms with Gasteiger partial charge in [0.05, 0.1) is 20.3 Å². The van der Waals surface area contributed by atoms with Crippen molar-refractivity contribution in [1.29, 1.82) is 0 Å². The summed E-state index contributed by atoms with van der Waals surface area (Å²) in [4.78, 5) is 12.6. The van der Waals surface area contributed by atoms with Crippen molar-refractivity contribution in [2.24, 2.45) is 0 Å². The summed E-state index contributed by atoms with van der Waals surface area (Å²) in [6, 6.07) is 14.7. The molecule has 2 atom stereocenters. The van der Waals surface area contributed by atoms with Crippen molar-refractivity contribution in [3.8, 4) is 17.2 Å². The quantitative estimate of drug-likeness (QED) is 0.793. The molecule has 5 heteroatoms. The van der Waals surface area contributed by atoms with Crippen LogP contribution in [0.4, 0.5) is 0 Å². The highest BCUT2D eigenvalue weighted by Crippen LogP contribution is 2.28. The second-order valence-corrected chi connectivity index (χ2v) is 5.64. The van der Waals surface area contributed by atoms with Crippen LogP contribution >= 0.6 is 0 Å². The Morgan fingerprint density at radius 3 is 2.12 bits per heavy atom. The Morgan fingerprint density at radius 2 is 1.52 bits per heavy atom. The highest BCUT2D eigenvalue weighted by atomic mass is 16.5. The zero-order chi connectivity index (χ0) is 18.2. The maximum Gasteiger partial charge on any atom is 0.261 e. The van der Waals surface area contributed by atoms with Gasteiger partial charge in [0, 0.05) is 5.56 Å². The molecule has 0 aromatic heterocycles. The number of ether oxygens (including phenoxy) is 3. The van der Waals surface area contributed by atoms with Crippen LogP contribution < -0.4 is 19.5 Å². The Balaban J connectivity index is 2.09. The van der Waals surface area contributed by atoms with E-state index >= 15 is 0 Å². The fraction of sp³-hybridized carbons (Fsp3) is 0.350. The smallest absolute Gasteiger partial charge is 0.261 e. The predicted octanol–water partition coefficient (Wildman–Crippen LogP) is 3.74. The number of hydrogen-bond donors (Lipinski definition) is 1. The Bertz CT molecular complexity index is 702. The van der Waals surface area contributed by atoms with Crippen LogP contribution in [0.1, 0.15) is 31.9 Å². The molecule has 5 nitrogen and oxygen atoms in total. The number of benzene rings is 2. The first-order chi connectivity index (χ1) is 12.1. The zero-order valence-corrected chi connectivity index (χ0v) is 15.1. The second-order valence-electron chi connectivity index (χ2n) is 5.64. The third-order valence-electron chi connectivity index (χ3n) is 3.97. The van der Waals surface area contributed by atoms with E-state index in [1.165, 1.54) is 0 Å². The molecule has 2 aromatic carbocycles. The molecule has 0 spiro atoms. The summed E-state index contributed by atoms with van der Waals surface area (Å²) in [5, 5.41) is 2.99. The topological polar surface area (TPSA) is 56.8 Å². The number of hydrogen-bond acceptors (Lipinski definition) is 4. The summed E-state index contributed by atoms with van der Waals surface area (Å²) < 4.78 is 16.5. The van der Waals surface area contributed by atoms with Gasteiger partial charge in [-0.3, -0.25) is 4.79 Å². The number of methoxy groups -OCH3 is 2. The van der Waals surface area contributed by atoms with E-state index in [9.17, 15) is 4.79 Å². The summed E-state index contributed by atoms with van der Waals surface area (Å²) in [6.45, 7) is 3.83. The van der Waals surface area contributed by atoms with E-state index in [0.29, 0.717) is 17.9 Å². The minimum atomic E-state index is -0.603. The fourth-order valence-corrected chi connectivity index (χ4v) is 2.60. The minimum absolute atomic E-state index is 0.174. The SMILES string of the molecule is CC[C@@H](Oc1ccccc1OC)C(=O)N[C@H](C)c1ccccc1OC. The highest BCUT2D eigenvalue weighted by molar-refractivity contribution is 5.81. The van der Waals surface area contributed by atoms with Crippen LogP contribution in [0.2, 0.25) is 0 Å². The van der Waals surface area contributed by atoms with Gasteiger partial charge in [-0.2, -0.15) is 0 Å². The fourth-order valence-electron chi connectivity index (χ4n) is 2.60. The number of para-hydroxylation sites is 3. The van der Waals surface area contributed by atoms with Crippen LogP contribution in [0.15, 0.2) is 48.5 Å². The lowest BCUT2D eigenvalue weighted by molar-refractivity contribution is -0.128. The molecule has 0 radical (unpaired) electrons. The lowest BCUT2D eigenvalue weighted by Crippen LogP contribution is -2.39. The van der Waals surface area contributed by atoms with Crippen molar-refractivity contribution in [3.05, 3.63) is 54.1 Å². The first-order valence-corrected chi connectivity index (χ1v) is 8.33. The standard InChI is InChI=1S/C20H25NO4/c1-5-16(25-19-13-9-8-12-18(19)24-4)20(22)21-14(2)15-10-6-7-11-17(15)23-3/h6-14,16H,5H2,1-4H3,(H,21,22)/t14-,16-/m1/s1. The largest absolute Gasteiger partial charge is 0.496 e. The van der Waals surface area contributed by atoms with Gasteiger partial charge in [-0.05, 0) is 31.5 Å². The van der Waals surface area contributed by atoms with Crippen molar-refractivity contribution >= 4 is 5.91 Å². The predicted molar refractivity (Wildman–Crippen MR) is 97.3 cm³/mol. The molecule has 0 unspecified atom stereocenters. The van der Waals surface area contributed by atoms with Crippen molar-refractivity contribution in [2.75, 3.05) is 14.2 Å². The average molecular weight is 343 g/mol.